The van der Waals surface area contributed by atoms with Crippen LogP contribution in [0.25, 0.3) is 0 Å². The van der Waals surface area contributed by atoms with Crippen LogP contribution in [0, 0.1) is 5.92 Å². The van der Waals surface area contributed by atoms with Crippen molar-refractivity contribution in [2.24, 2.45) is 5.92 Å². The van der Waals surface area contributed by atoms with Crippen LogP contribution in [-0.2, 0) is 38.6 Å². The predicted octanol–water partition coefficient (Wildman–Crippen LogP) is 1.42. The van der Waals surface area contributed by atoms with E-state index < -0.39 is 40.9 Å². The zero-order valence-corrected chi connectivity index (χ0v) is 25.8. The number of aliphatic hydroxyl groups excluding tert-OH is 1. The van der Waals surface area contributed by atoms with Gasteiger partial charge in [0.15, 0.2) is 12.9 Å². The molecule has 5 atom stereocenters. The molecule has 1 aromatic carbocycles. The first kappa shape index (κ1) is 32.9. The van der Waals surface area contributed by atoms with Gasteiger partial charge in [0, 0.05) is 19.2 Å². The van der Waals surface area contributed by atoms with Crippen molar-refractivity contribution in [2.75, 3.05) is 52.7 Å². The number of carbonyl (C=O) groups is 2. The lowest BCUT2D eigenvalue weighted by Gasteiger charge is -2.30. The fourth-order valence-electron chi connectivity index (χ4n) is 5.87. The van der Waals surface area contributed by atoms with Crippen molar-refractivity contribution < 1.29 is 51.6 Å². The maximum absolute atomic E-state index is 13.9. The van der Waals surface area contributed by atoms with Gasteiger partial charge in [-0.15, -0.1) is 0 Å². The van der Waals surface area contributed by atoms with E-state index in [2.05, 4.69) is 5.32 Å². The predicted molar refractivity (Wildman–Crippen MR) is 154 cm³/mol. The van der Waals surface area contributed by atoms with Crippen molar-refractivity contribution >= 4 is 22.0 Å². The lowest BCUT2D eigenvalue weighted by Crippen LogP contribution is -2.50. The van der Waals surface area contributed by atoms with Gasteiger partial charge in [-0.3, -0.25) is 9.63 Å². The summed E-state index contributed by atoms with van der Waals surface area (Å²) in [7, 11) is -4.28. The van der Waals surface area contributed by atoms with Crippen LogP contribution in [0.15, 0.2) is 29.2 Å². The molecule has 44 heavy (non-hydrogen) atoms. The van der Waals surface area contributed by atoms with E-state index in [1.165, 1.54) is 18.2 Å². The SMILES string of the molecule is CC[C@H](NC(=O)OC1CO[C@H]2OCC[C@@H]12)[C@H](O)CN(OC1CCCC1)S(=O)(=O)c1cccc(OCC(=O)N2CCOCC2)c1. The van der Waals surface area contributed by atoms with Crippen molar-refractivity contribution in [1.29, 1.82) is 0 Å². The Morgan fingerprint density at radius 3 is 2.66 bits per heavy atom. The van der Waals surface area contributed by atoms with Gasteiger partial charge in [-0.25, -0.2) is 13.2 Å². The number of amides is 2. The number of aliphatic hydroxyl groups is 1. The molecular weight excluding hydrogens is 598 g/mol. The standard InChI is InChI=1S/C29H43N3O11S/c1-2-24(30-29(35)42-26-18-41-28-23(26)10-13-39-28)25(33)17-32(43-20-6-3-4-7-20)44(36,37)22-9-5-8-21(16-22)40-19-27(34)31-11-14-38-15-12-31/h5,8-9,16,20,23-26,28,33H,2-4,6-7,10-15,17-19H2,1H3,(H,30,35)/t23-,24-,25+,26?,28+/m0/s1. The van der Waals surface area contributed by atoms with E-state index in [1.54, 1.807) is 17.9 Å². The van der Waals surface area contributed by atoms with E-state index >= 15 is 0 Å². The molecular formula is C29H43N3O11S. The highest BCUT2D eigenvalue weighted by Gasteiger charge is 2.44. The summed E-state index contributed by atoms with van der Waals surface area (Å²) in [6, 6.07) is 5.01. The van der Waals surface area contributed by atoms with Crippen molar-refractivity contribution in [2.45, 2.75) is 81.0 Å². The minimum absolute atomic E-state index is 0.0385. The average molecular weight is 642 g/mol. The monoisotopic (exact) mass is 641 g/mol. The molecule has 3 heterocycles. The van der Waals surface area contributed by atoms with Gasteiger partial charge in [-0.05, 0) is 37.8 Å². The number of hydroxylamine groups is 1. The van der Waals surface area contributed by atoms with Crippen LogP contribution in [0.2, 0.25) is 0 Å². The normalized spacial score (nSPS) is 25.5. The third kappa shape index (κ3) is 8.19. The molecule has 0 bridgehead atoms. The van der Waals surface area contributed by atoms with Crippen LogP contribution < -0.4 is 10.1 Å². The quantitative estimate of drug-likeness (QED) is 0.300. The summed E-state index contributed by atoms with van der Waals surface area (Å²) in [6.07, 6.45) is 1.03. The summed E-state index contributed by atoms with van der Waals surface area (Å²) in [5.74, 6) is -0.0523. The van der Waals surface area contributed by atoms with E-state index in [4.69, 9.17) is 28.5 Å². The number of carbonyl (C=O) groups excluding carboxylic acids is 2. The lowest BCUT2D eigenvalue weighted by atomic mass is 10.0. The highest BCUT2D eigenvalue weighted by molar-refractivity contribution is 7.89. The van der Waals surface area contributed by atoms with Crippen LogP contribution in [0.4, 0.5) is 4.79 Å². The number of fused-ring (bicyclic) bond motifs is 1. The van der Waals surface area contributed by atoms with Crippen molar-refractivity contribution in [3.05, 3.63) is 24.3 Å². The van der Waals surface area contributed by atoms with Crippen LogP contribution in [0.3, 0.4) is 0 Å². The molecule has 246 valence electrons. The minimum Gasteiger partial charge on any atom is -0.484 e. The van der Waals surface area contributed by atoms with E-state index in [9.17, 15) is 23.1 Å². The van der Waals surface area contributed by atoms with Gasteiger partial charge in [0.2, 0.25) is 0 Å². The van der Waals surface area contributed by atoms with E-state index in [0.29, 0.717) is 52.2 Å². The summed E-state index contributed by atoms with van der Waals surface area (Å²) in [4.78, 5) is 32.7. The Balaban J connectivity index is 1.23. The smallest absolute Gasteiger partial charge is 0.407 e. The number of hydrogen-bond acceptors (Lipinski definition) is 11. The zero-order chi connectivity index (χ0) is 31.1. The molecule has 0 aromatic heterocycles. The fourth-order valence-corrected chi connectivity index (χ4v) is 7.20. The first-order valence-electron chi connectivity index (χ1n) is 15.4. The summed E-state index contributed by atoms with van der Waals surface area (Å²) in [5, 5.41) is 13.8. The maximum Gasteiger partial charge on any atom is 0.407 e. The molecule has 1 saturated carbocycles. The number of sulfonamides is 1. The second-order valence-electron chi connectivity index (χ2n) is 11.5. The second-order valence-corrected chi connectivity index (χ2v) is 13.3. The highest BCUT2D eigenvalue weighted by atomic mass is 32.2. The van der Waals surface area contributed by atoms with Gasteiger partial charge >= 0.3 is 6.09 Å². The van der Waals surface area contributed by atoms with Crippen LogP contribution >= 0.6 is 0 Å². The summed E-state index contributed by atoms with van der Waals surface area (Å²) in [6.45, 7) is 3.74. The third-order valence-electron chi connectivity index (χ3n) is 8.45. The second kappa shape index (κ2) is 15.2. The Bertz CT molecular complexity index is 1220. The number of benzene rings is 1. The van der Waals surface area contributed by atoms with Crippen molar-refractivity contribution in [1.82, 2.24) is 14.7 Å². The number of morpholine rings is 1. The minimum atomic E-state index is -4.28. The van der Waals surface area contributed by atoms with Gasteiger partial charge < -0.3 is 39.0 Å². The van der Waals surface area contributed by atoms with Crippen molar-refractivity contribution in [3.63, 3.8) is 0 Å². The Morgan fingerprint density at radius 2 is 1.91 bits per heavy atom. The zero-order valence-electron chi connectivity index (χ0n) is 25.0. The first-order valence-corrected chi connectivity index (χ1v) is 16.8. The Kier molecular flexibility index (Phi) is 11.3. The summed E-state index contributed by atoms with van der Waals surface area (Å²) >= 11 is 0. The molecule has 5 rings (SSSR count). The Morgan fingerprint density at radius 1 is 1.14 bits per heavy atom. The topological polar surface area (TPSA) is 162 Å². The van der Waals surface area contributed by atoms with E-state index in [0.717, 1.165) is 23.7 Å². The average Bonchev–Trinajstić information content (AvgIpc) is 3.80. The van der Waals surface area contributed by atoms with Gasteiger partial charge in [0.25, 0.3) is 15.9 Å². The molecule has 4 fully saturated rings. The van der Waals surface area contributed by atoms with Crippen LogP contribution in [0.5, 0.6) is 5.75 Å². The molecule has 2 amide bonds. The molecule has 2 N–H and O–H groups in total. The molecule has 15 heteroatoms. The molecule has 3 saturated heterocycles. The number of nitrogens with zero attached hydrogens (tertiary/aromatic N) is 2. The number of hydrogen-bond donors (Lipinski definition) is 2. The van der Waals surface area contributed by atoms with Gasteiger partial charge in [0.1, 0.15) is 11.9 Å². The molecule has 1 unspecified atom stereocenters. The van der Waals surface area contributed by atoms with Crippen LogP contribution in [-0.4, -0.2) is 118 Å². The number of nitrogens with one attached hydrogen (secondary N) is 1. The Hall–Kier alpha value is -2.53. The van der Waals surface area contributed by atoms with Gasteiger partial charge in [0.05, 0.1) is 62.0 Å². The van der Waals surface area contributed by atoms with E-state index in [-0.39, 0.29) is 48.1 Å². The fraction of sp³-hybridized carbons (Fsp3) is 0.724. The molecule has 4 aliphatic rings. The van der Waals surface area contributed by atoms with Gasteiger partial charge in [-0.1, -0.05) is 30.3 Å². The first-order chi connectivity index (χ1) is 21.2. The molecule has 0 radical (unpaired) electrons. The maximum atomic E-state index is 13.9. The van der Waals surface area contributed by atoms with E-state index in [1.807, 2.05) is 0 Å². The molecule has 3 aliphatic heterocycles. The van der Waals surface area contributed by atoms with Gasteiger partial charge in [-0.2, -0.15) is 0 Å². The molecule has 1 aliphatic carbocycles. The highest BCUT2D eigenvalue weighted by Crippen LogP contribution is 2.33. The molecule has 0 spiro atoms. The van der Waals surface area contributed by atoms with Crippen molar-refractivity contribution in [3.8, 4) is 5.75 Å². The van der Waals surface area contributed by atoms with Crippen LogP contribution in [0.1, 0.15) is 45.4 Å². The summed E-state index contributed by atoms with van der Waals surface area (Å²) in [5.41, 5.74) is 0. The number of rotatable bonds is 13. The molecule has 14 nitrogen and oxygen atoms in total. The number of alkyl carbamates (subject to hydrolysis) is 1. The lowest BCUT2D eigenvalue weighted by molar-refractivity contribution is -0.145. The Labute approximate surface area is 257 Å². The summed E-state index contributed by atoms with van der Waals surface area (Å²) < 4.78 is 56.0. The molecule has 1 aromatic rings. The number of ether oxygens (including phenoxy) is 5. The largest absolute Gasteiger partial charge is 0.484 e. The third-order valence-corrected chi connectivity index (χ3v) is 10.1.